The number of sulfonamides is 1. The SMILES string of the molecule is COc1cc(C(=O)NNS(=O)(=O)c2ccc(C)c([N+](=O)[O-])c2)ccc1C. The summed E-state index contributed by atoms with van der Waals surface area (Å²) in [6.07, 6.45) is 0. The fourth-order valence-corrected chi connectivity index (χ4v) is 3.02. The molecule has 2 aromatic carbocycles. The van der Waals surface area contributed by atoms with E-state index in [0.717, 1.165) is 11.6 Å². The number of nitro groups is 1. The zero-order valence-electron chi connectivity index (χ0n) is 14.3. The average molecular weight is 379 g/mol. The summed E-state index contributed by atoms with van der Waals surface area (Å²) in [6.45, 7) is 3.29. The van der Waals surface area contributed by atoms with Crippen LogP contribution in [0.25, 0.3) is 0 Å². The summed E-state index contributed by atoms with van der Waals surface area (Å²) < 4.78 is 29.6. The number of rotatable bonds is 6. The number of hydrogen-bond acceptors (Lipinski definition) is 6. The van der Waals surface area contributed by atoms with Crippen LogP contribution in [0.15, 0.2) is 41.3 Å². The standard InChI is InChI=1S/C16H17N3O6S/c1-10-5-7-13(9-14(10)19(21)22)26(23,24)18-17-16(20)12-6-4-11(2)15(8-12)25-3/h4-9,18H,1-3H3,(H,17,20). The van der Waals surface area contributed by atoms with Crippen molar-refractivity contribution in [2.24, 2.45) is 0 Å². The third-order valence-electron chi connectivity index (χ3n) is 3.66. The van der Waals surface area contributed by atoms with E-state index < -0.39 is 20.9 Å². The number of aryl methyl sites for hydroxylation is 2. The first kappa shape index (κ1) is 19.3. The molecule has 0 aliphatic rings. The highest BCUT2D eigenvalue weighted by molar-refractivity contribution is 7.89. The van der Waals surface area contributed by atoms with Gasteiger partial charge in [0, 0.05) is 17.2 Å². The summed E-state index contributed by atoms with van der Waals surface area (Å²) in [5.74, 6) is -0.219. The minimum Gasteiger partial charge on any atom is -0.496 e. The van der Waals surface area contributed by atoms with E-state index in [0.29, 0.717) is 11.3 Å². The van der Waals surface area contributed by atoms with Gasteiger partial charge in [0.05, 0.1) is 16.9 Å². The minimum absolute atomic E-state index is 0.185. The quantitative estimate of drug-likeness (QED) is 0.582. The second-order valence-electron chi connectivity index (χ2n) is 5.45. The number of hydrazine groups is 1. The third kappa shape index (κ3) is 4.16. The molecule has 0 radical (unpaired) electrons. The Labute approximate surface area is 150 Å². The van der Waals surface area contributed by atoms with E-state index in [2.05, 4.69) is 5.43 Å². The first-order chi connectivity index (χ1) is 12.2. The minimum atomic E-state index is -4.18. The number of nitro benzene ring substituents is 1. The van der Waals surface area contributed by atoms with Gasteiger partial charge in [0.25, 0.3) is 21.6 Å². The van der Waals surface area contributed by atoms with Crippen LogP contribution in [0.2, 0.25) is 0 Å². The van der Waals surface area contributed by atoms with E-state index in [1.165, 1.54) is 38.3 Å². The molecule has 0 spiro atoms. The Morgan fingerprint density at radius 3 is 2.38 bits per heavy atom. The number of nitrogens with one attached hydrogen (secondary N) is 2. The van der Waals surface area contributed by atoms with Crippen molar-refractivity contribution in [3.8, 4) is 5.75 Å². The van der Waals surface area contributed by atoms with Gasteiger partial charge in [-0.15, -0.1) is 4.83 Å². The molecule has 0 heterocycles. The number of carbonyl (C=O) groups excluding carboxylic acids is 1. The molecule has 0 fully saturated rings. The molecule has 0 saturated heterocycles. The molecule has 10 heteroatoms. The molecule has 0 aliphatic heterocycles. The second kappa shape index (κ2) is 7.50. The Balaban J connectivity index is 2.19. The van der Waals surface area contributed by atoms with Crippen LogP contribution in [0.3, 0.4) is 0 Å². The molecule has 138 valence electrons. The van der Waals surface area contributed by atoms with Crippen LogP contribution in [0.5, 0.6) is 5.75 Å². The van der Waals surface area contributed by atoms with Crippen molar-refractivity contribution in [2.45, 2.75) is 18.7 Å². The lowest BCUT2D eigenvalue weighted by atomic mass is 10.1. The zero-order valence-corrected chi connectivity index (χ0v) is 15.1. The lowest BCUT2D eigenvalue weighted by Crippen LogP contribution is -2.41. The molecular formula is C16H17N3O6S. The Morgan fingerprint density at radius 1 is 1.12 bits per heavy atom. The molecular weight excluding hydrogens is 362 g/mol. The van der Waals surface area contributed by atoms with E-state index in [-0.39, 0.29) is 16.1 Å². The molecule has 0 bridgehead atoms. The second-order valence-corrected chi connectivity index (χ2v) is 7.13. The van der Waals surface area contributed by atoms with Crippen molar-refractivity contribution in [2.75, 3.05) is 7.11 Å². The van der Waals surface area contributed by atoms with Crippen LogP contribution in [0, 0.1) is 24.0 Å². The first-order valence-corrected chi connectivity index (χ1v) is 8.86. The molecule has 0 atom stereocenters. The molecule has 2 aromatic rings. The van der Waals surface area contributed by atoms with Crippen molar-refractivity contribution in [3.05, 3.63) is 63.2 Å². The number of methoxy groups -OCH3 is 1. The average Bonchev–Trinajstić information content (AvgIpc) is 2.60. The smallest absolute Gasteiger partial charge is 0.273 e. The predicted molar refractivity (Wildman–Crippen MR) is 93.4 cm³/mol. The summed E-state index contributed by atoms with van der Waals surface area (Å²) >= 11 is 0. The summed E-state index contributed by atoms with van der Waals surface area (Å²) in [5, 5.41) is 10.9. The van der Waals surface area contributed by atoms with Crippen molar-refractivity contribution < 1.29 is 22.9 Å². The Morgan fingerprint density at radius 2 is 1.77 bits per heavy atom. The fourth-order valence-electron chi connectivity index (χ4n) is 2.16. The molecule has 9 nitrogen and oxygen atoms in total. The normalized spacial score (nSPS) is 11.0. The topological polar surface area (TPSA) is 128 Å². The molecule has 0 aliphatic carbocycles. The van der Waals surface area contributed by atoms with Crippen LogP contribution in [0.4, 0.5) is 5.69 Å². The van der Waals surface area contributed by atoms with Gasteiger partial charge in [-0.25, -0.2) is 8.42 Å². The molecule has 26 heavy (non-hydrogen) atoms. The highest BCUT2D eigenvalue weighted by atomic mass is 32.2. The number of ether oxygens (including phenoxy) is 1. The van der Waals surface area contributed by atoms with Crippen molar-refractivity contribution in [3.63, 3.8) is 0 Å². The Bertz CT molecular complexity index is 972. The van der Waals surface area contributed by atoms with Gasteiger partial charge in [0.2, 0.25) is 0 Å². The largest absolute Gasteiger partial charge is 0.496 e. The van der Waals surface area contributed by atoms with Gasteiger partial charge in [-0.05, 0) is 37.6 Å². The number of hydrogen-bond donors (Lipinski definition) is 2. The first-order valence-electron chi connectivity index (χ1n) is 7.37. The number of amides is 1. The van der Waals surface area contributed by atoms with Gasteiger partial charge >= 0.3 is 0 Å². The maximum absolute atomic E-state index is 12.3. The van der Waals surface area contributed by atoms with Gasteiger partial charge < -0.3 is 4.74 Å². The van der Waals surface area contributed by atoms with Gasteiger partial charge in [-0.1, -0.05) is 12.1 Å². The highest BCUT2D eigenvalue weighted by Gasteiger charge is 2.20. The molecule has 0 saturated carbocycles. The van der Waals surface area contributed by atoms with Crippen molar-refractivity contribution in [1.29, 1.82) is 0 Å². The molecule has 2 rings (SSSR count). The van der Waals surface area contributed by atoms with E-state index in [9.17, 15) is 23.3 Å². The van der Waals surface area contributed by atoms with Crippen molar-refractivity contribution in [1.82, 2.24) is 10.3 Å². The summed E-state index contributed by atoms with van der Waals surface area (Å²) in [4.78, 5) is 24.0. The van der Waals surface area contributed by atoms with E-state index in [4.69, 9.17) is 4.74 Å². The third-order valence-corrected chi connectivity index (χ3v) is 4.90. The van der Waals surface area contributed by atoms with E-state index >= 15 is 0 Å². The summed E-state index contributed by atoms with van der Waals surface area (Å²) in [6, 6.07) is 8.10. The van der Waals surface area contributed by atoms with Crippen LogP contribution >= 0.6 is 0 Å². The number of benzene rings is 2. The number of carbonyl (C=O) groups is 1. The van der Waals surface area contributed by atoms with Crippen molar-refractivity contribution >= 4 is 21.6 Å². The van der Waals surface area contributed by atoms with E-state index in [1.54, 1.807) is 13.0 Å². The Hall–Kier alpha value is -2.98. The maximum Gasteiger partial charge on any atom is 0.273 e. The van der Waals surface area contributed by atoms with E-state index in [1.807, 2.05) is 4.83 Å². The summed E-state index contributed by atoms with van der Waals surface area (Å²) in [5.41, 5.74) is 3.06. The van der Waals surface area contributed by atoms with Crippen LogP contribution in [-0.4, -0.2) is 26.4 Å². The van der Waals surface area contributed by atoms with Gasteiger partial charge in [-0.3, -0.25) is 20.3 Å². The van der Waals surface area contributed by atoms with Gasteiger partial charge in [0.1, 0.15) is 5.75 Å². The monoisotopic (exact) mass is 379 g/mol. The Kier molecular flexibility index (Phi) is 5.58. The lowest BCUT2D eigenvalue weighted by molar-refractivity contribution is -0.385. The van der Waals surface area contributed by atoms with Gasteiger partial charge in [-0.2, -0.15) is 0 Å². The lowest BCUT2D eigenvalue weighted by Gasteiger charge is -2.10. The van der Waals surface area contributed by atoms with Crippen LogP contribution in [0.1, 0.15) is 21.5 Å². The molecule has 1 amide bonds. The molecule has 2 N–H and O–H groups in total. The van der Waals surface area contributed by atoms with Crippen LogP contribution < -0.4 is 15.0 Å². The van der Waals surface area contributed by atoms with Gasteiger partial charge in [0.15, 0.2) is 0 Å². The maximum atomic E-state index is 12.3. The fraction of sp³-hybridized carbons (Fsp3) is 0.188. The highest BCUT2D eigenvalue weighted by Crippen LogP contribution is 2.22. The molecule has 0 aromatic heterocycles. The van der Waals surface area contributed by atoms with Crippen LogP contribution in [-0.2, 0) is 10.0 Å². The zero-order chi connectivity index (χ0) is 19.5. The summed E-state index contributed by atoms with van der Waals surface area (Å²) in [7, 11) is -2.72. The number of nitrogens with zero attached hydrogens (tertiary/aromatic N) is 1. The molecule has 0 unspecified atom stereocenters. The predicted octanol–water partition coefficient (Wildman–Crippen LogP) is 1.84.